The molecule has 0 amide bonds. The molecular formula is C27H27ClN2O6S. The molecule has 0 fully saturated rings. The van der Waals surface area contributed by atoms with Crippen molar-refractivity contribution >= 4 is 35.0 Å². The fraction of sp³-hybridized carbons (Fsp3) is 0.296. The fourth-order valence-corrected chi connectivity index (χ4v) is 5.34. The number of nitrogens with zero attached hydrogens (tertiary/aromatic N) is 2. The maximum atomic E-state index is 13.7. The van der Waals surface area contributed by atoms with Crippen LogP contribution in [0, 0.1) is 0 Å². The Morgan fingerprint density at radius 1 is 1.11 bits per heavy atom. The molecule has 2 heterocycles. The Labute approximate surface area is 222 Å². The van der Waals surface area contributed by atoms with Crippen molar-refractivity contribution in [2.75, 3.05) is 19.8 Å². The van der Waals surface area contributed by atoms with Crippen molar-refractivity contribution in [2.24, 2.45) is 4.99 Å². The van der Waals surface area contributed by atoms with Crippen LogP contribution in [0.1, 0.15) is 44.9 Å². The Kier molecular flexibility index (Phi) is 8.04. The highest BCUT2D eigenvalue weighted by Crippen LogP contribution is 2.36. The summed E-state index contributed by atoms with van der Waals surface area (Å²) >= 11 is 7.25. The summed E-state index contributed by atoms with van der Waals surface area (Å²) in [5.41, 5.74) is 1.39. The summed E-state index contributed by atoms with van der Waals surface area (Å²) < 4.78 is 18.7. The number of hydrogen-bond donors (Lipinski definition) is 1. The number of benzene rings is 2. The van der Waals surface area contributed by atoms with Gasteiger partial charge in [0.15, 0.2) is 16.3 Å². The first kappa shape index (κ1) is 26.5. The molecule has 8 nitrogen and oxygen atoms in total. The van der Waals surface area contributed by atoms with Gasteiger partial charge in [0.2, 0.25) is 0 Å². The molecule has 3 aromatic rings. The van der Waals surface area contributed by atoms with Crippen molar-refractivity contribution in [2.45, 2.75) is 33.7 Å². The zero-order chi connectivity index (χ0) is 26.7. The number of thiazole rings is 1. The second-order valence-electron chi connectivity index (χ2n) is 8.08. The lowest BCUT2D eigenvalue weighted by Crippen LogP contribution is -2.40. The van der Waals surface area contributed by atoms with E-state index in [1.54, 1.807) is 50.3 Å². The van der Waals surface area contributed by atoms with Gasteiger partial charge < -0.3 is 19.3 Å². The Hall–Kier alpha value is -3.56. The van der Waals surface area contributed by atoms with E-state index >= 15 is 0 Å². The number of allylic oxidation sites excluding steroid dienone is 1. The minimum atomic E-state index is -0.805. The number of phenols is 1. The van der Waals surface area contributed by atoms with Crippen LogP contribution in [-0.2, 0) is 9.53 Å². The van der Waals surface area contributed by atoms with Gasteiger partial charge in [-0.2, -0.15) is 0 Å². The Morgan fingerprint density at radius 3 is 2.54 bits per heavy atom. The number of carbonyl (C=O) groups is 1. The Morgan fingerprint density at radius 2 is 1.84 bits per heavy atom. The number of ether oxygens (including phenoxy) is 3. The molecule has 37 heavy (non-hydrogen) atoms. The molecule has 194 valence electrons. The minimum Gasteiger partial charge on any atom is -0.507 e. The third-order valence-electron chi connectivity index (χ3n) is 5.68. The molecular weight excluding hydrogens is 516 g/mol. The number of aromatic hydroxyl groups is 1. The SMILES string of the molecule is CCOC(=O)C1=C(C)N=c2s/c(=C\c3cc(Cl)ccc3O)c(=O)n2[C@H]1c1ccc(OCC)c(OCC)c1. The zero-order valence-electron chi connectivity index (χ0n) is 20.9. The van der Waals surface area contributed by atoms with Gasteiger partial charge in [0, 0.05) is 10.6 Å². The van der Waals surface area contributed by atoms with Crippen LogP contribution in [0.2, 0.25) is 5.02 Å². The molecule has 0 saturated carbocycles. The van der Waals surface area contributed by atoms with Gasteiger partial charge >= 0.3 is 5.97 Å². The van der Waals surface area contributed by atoms with Crippen LogP contribution >= 0.6 is 22.9 Å². The van der Waals surface area contributed by atoms with Crippen molar-refractivity contribution < 1.29 is 24.1 Å². The van der Waals surface area contributed by atoms with Gasteiger partial charge in [0.1, 0.15) is 5.75 Å². The molecule has 0 spiro atoms. The molecule has 10 heteroatoms. The Bertz CT molecular complexity index is 1560. The van der Waals surface area contributed by atoms with E-state index in [0.717, 1.165) is 11.3 Å². The van der Waals surface area contributed by atoms with Crippen LogP contribution in [-0.4, -0.2) is 35.5 Å². The van der Waals surface area contributed by atoms with E-state index in [-0.39, 0.29) is 23.5 Å². The molecule has 1 N–H and O–H groups in total. The molecule has 1 aliphatic heterocycles. The van der Waals surface area contributed by atoms with Crippen LogP contribution in [0.4, 0.5) is 0 Å². The minimum absolute atomic E-state index is 0.0111. The number of esters is 1. The number of rotatable bonds is 8. The van der Waals surface area contributed by atoms with Crippen LogP contribution < -0.4 is 24.4 Å². The van der Waals surface area contributed by atoms with Crippen LogP contribution in [0.5, 0.6) is 17.2 Å². The van der Waals surface area contributed by atoms with Gasteiger partial charge in [-0.1, -0.05) is 29.0 Å². The number of phenolic OH excluding ortho intramolecular Hbond substituents is 1. The maximum absolute atomic E-state index is 13.7. The van der Waals surface area contributed by atoms with Crippen molar-refractivity contribution in [3.63, 3.8) is 0 Å². The van der Waals surface area contributed by atoms with Gasteiger partial charge in [-0.3, -0.25) is 9.36 Å². The monoisotopic (exact) mass is 542 g/mol. The molecule has 0 unspecified atom stereocenters. The van der Waals surface area contributed by atoms with E-state index in [9.17, 15) is 14.7 Å². The van der Waals surface area contributed by atoms with Crippen molar-refractivity contribution in [3.05, 3.63) is 83.5 Å². The van der Waals surface area contributed by atoms with E-state index in [1.807, 2.05) is 13.8 Å². The topological polar surface area (TPSA) is 99.4 Å². The Balaban J connectivity index is 1.97. The zero-order valence-corrected chi connectivity index (χ0v) is 22.5. The quantitative estimate of drug-likeness (QED) is 0.433. The molecule has 1 atom stereocenters. The van der Waals surface area contributed by atoms with Gasteiger partial charge in [-0.25, -0.2) is 9.79 Å². The molecule has 2 aromatic carbocycles. The smallest absolute Gasteiger partial charge is 0.338 e. The number of hydrogen-bond acceptors (Lipinski definition) is 8. The molecule has 1 aliphatic rings. The lowest BCUT2D eigenvalue weighted by atomic mass is 9.95. The summed E-state index contributed by atoms with van der Waals surface area (Å²) in [4.78, 5) is 31.8. The van der Waals surface area contributed by atoms with E-state index in [2.05, 4.69) is 4.99 Å². The first-order chi connectivity index (χ1) is 17.8. The highest BCUT2D eigenvalue weighted by Gasteiger charge is 2.34. The molecule has 0 saturated heterocycles. The average Bonchev–Trinajstić information content (AvgIpc) is 3.16. The predicted octanol–water partition coefficient (Wildman–Crippen LogP) is 3.95. The third kappa shape index (κ3) is 5.28. The van der Waals surface area contributed by atoms with Crippen molar-refractivity contribution in [1.29, 1.82) is 0 Å². The van der Waals surface area contributed by atoms with Crippen LogP contribution in [0.15, 0.2) is 57.5 Å². The first-order valence-electron chi connectivity index (χ1n) is 11.9. The highest BCUT2D eigenvalue weighted by atomic mass is 35.5. The summed E-state index contributed by atoms with van der Waals surface area (Å²) in [6.45, 7) is 8.23. The van der Waals surface area contributed by atoms with Gasteiger partial charge in [0.25, 0.3) is 5.56 Å². The van der Waals surface area contributed by atoms with Gasteiger partial charge in [0.05, 0.1) is 41.7 Å². The molecule has 0 aliphatic carbocycles. The predicted molar refractivity (Wildman–Crippen MR) is 142 cm³/mol. The van der Waals surface area contributed by atoms with E-state index in [1.165, 1.54) is 10.6 Å². The fourth-order valence-electron chi connectivity index (χ4n) is 4.13. The summed E-state index contributed by atoms with van der Waals surface area (Å²) in [5.74, 6) is 0.506. The second kappa shape index (κ2) is 11.2. The molecule has 0 bridgehead atoms. The summed E-state index contributed by atoms with van der Waals surface area (Å²) in [5, 5.41) is 10.7. The lowest BCUT2D eigenvalue weighted by molar-refractivity contribution is -0.139. The van der Waals surface area contributed by atoms with Crippen LogP contribution in [0.25, 0.3) is 6.08 Å². The van der Waals surface area contributed by atoms with E-state index in [0.29, 0.717) is 55.9 Å². The molecule has 1 aromatic heterocycles. The lowest BCUT2D eigenvalue weighted by Gasteiger charge is -2.25. The third-order valence-corrected chi connectivity index (χ3v) is 6.89. The summed E-state index contributed by atoms with van der Waals surface area (Å²) in [6.07, 6.45) is 1.56. The molecule has 4 rings (SSSR count). The molecule has 0 radical (unpaired) electrons. The van der Waals surface area contributed by atoms with Crippen molar-refractivity contribution in [1.82, 2.24) is 4.57 Å². The van der Waals surface area contributed by atoms with Crippen LogP contribution in [0.3, 0.4) is 0 Å². The largest absolute Gasteiger partial charge is 0.507 e. The second-order valence-corrected chi connectivity index (χ2v) is 9.52. The summed E-state index contributed by atoms with van der Waals surface area (Å²) in [6, 6.07) is 9.14. The average molecular weight is 543 g/mol. The number of aromatic nitrogens is 1. The number of halogens is 1. The van der Waals surface area contributed by atoms with Gasteiger partial charge in [-0.15, -0.1) is 0 Å². The maximum Gasteiger partial charge on any atom is 0.338 e. The summed E-state index contributed by atoms with van der Waals surface area (Å²) in [7, 11) is 0. The number of fused-ring (bicyclic) bond motifs is 1. The van der Waals surface area contributed by atoms with Crippen molar-refractivity contribution in [3.8, 4) is 17.2 Å². The van der Waals surface area contributed by atoms with Gasteiger partial charge in [-0.05, 0) is 69.7 Å². The normalized spacial score (nSPS) is 15.3. The van der Waals surface area contributed by atoms with E-state index in [4.69, 9.17) is 25.8 Å². The first-order valence-corrected chi connectivity index (χ1v) is 13.1. The number of carbonyl (C=O) groups excluding carboxylic acids is 1. The highest BCUT2D eigenvalue weighted by molar-refractivity contribution is 7.07. The standard InChI is InChI=1S/C27H27ClN2O6S/c1-5-34-20-11-8-16(13-21(20)35-6-2)24-23(26(33)36-7-3)15(4)29-27-30(24)25(32)22(37-27)14-17-12-18(28)9-10-19(17)31/h8-14,24,31H,5-7H2,1-4H3/b22-14-/t24-/m0/s1. The van der Waals surface area contributed by atoms with E-state index < -0.39 is 12.0 Å².